The van der Waals surface area contributed by atoms with Crippen LogP contribution in [-0.2, 0) is 9.59 Å². The Morgan fingerprint density at radius 2 is 1.87 bits per heavy atom. The molecule has 0 radical (unpaired) electrons. The zero-order valence-electron chi connectivity index (χ0n) is 8.53. The summed E-state index contributed by atoms with van der Waals surface area (Å²) < 4.78 is 0. The van der Waals surface area contributed by atoms with Crippen LogP contribution < -0.4 is 0 Å². The highest BCUT2D eigenvalue weighted by molar-refractivity contribution is 6.13. The van der Waals surface area contributed by atoms with Crippen molar-refractivity contribution in [3.8, 4) is 11.8 Å². The van der Waals surface area contributed by atoms with E-state index in [1.165, 1.54) is 17.1 Å². The number of hydrogen-bond acceptors (Lipinski definition) is 2. The molecule has 0 aromatic carbocycles. The molecule has 0 saturated carbocycles. The van der Waals surface area contributed by atoms with Crippen molar-refractivity contribution in [3.63, 3.8) is 0 Å². The van der Waals surface area contributed by atoms with Crippen molar-refractivity contribution in [1.29, 1.82) is 0 Å². The minimum Gasteiger partial charge on any atom is -0.269 e. The van der Waals surface area contributed by atoms with Crippen molar-refractivity contribution in [1.82, 2.24) is 4.90 Å². The molecule has 3 nitrogen and oxygen atoms in total. The lowest BCUT2D eigenvalue weighted by Crippen LogP contribution is -2.39. The number of carbonyl (C=O) groups is 2. The molecule has 1 aliphatic carbocycles. The number of rotatable bonds is 1. The minimum atomic E-state index is -0.222. The zero-order chi connectivity index (χ0) is 10.7. The molecule has 3 heteroatoms. The summed E-state index contributed by atoms with van der Waals surface area (Å²) in [4.78, 5) is 24.1. The third kappa shape index (κ3) is 2.10. The van der Waals surface area contributed by atoms with Gasteiger partial charge in [-0.1, -0.05) is 18.8 Å². The summed E-state index contributed by atoms with van der Waals surface area (Å²) in [5.41, 5.74) is 0. The Morgan fingerprint density at radius 1 is 1.13 bits per heavy atom. The highest BCUT2D eigenvalue weighted by Gasteiger charge is 2.29. The average molecular weight is 203 g/mol. The van der Waals surface area contributed by atoms with Gasteiger partial charge in [-0.05, 0) is 12.8 Å². The molecular formula is C12H13NO2. The number of nitrogens with zero attached hydrogens (tertiary/aromatic N) is 1. The number of carbonyl (C=O) groups excluding carboxylic acids is 2. The van der Waals surface area contributed by atoms with E-state index in [0.29, 0.717) is 0 Å². The summed E-state index contributed by atoms with van der Waals surface area (Å²) in [5, 5.41) is 0. The van der Waals surface area contributed by atoms with Gasteiger partial charge in [-0.15, -0.1) is 5.92 Å². The van der Waals surface area contributed by atoms with Crippen molar-refractivity contribution in [2.24, 2.45) is 0 Å². The van der Waals surface area contributed by atoms with Gasteiger partial charge in [0.1, 0.15) is 6.04 Å². The second-order valence-corrected chi connectivity index (χ2v) is 3.82. The Kier molecular flexibility index (Phi) is 2.86. The van der Waals surface area contributed by atoms with Crippen molar-refractivity contribution in [2.45, 2.75) is 38.1 Å². The van der Waals surface area contributed by atoms with Crippen molar-refractivity contribution >= 4 is 11.8 Å². The largest absolute Gasteiger partial charge is 0.269 e. The van der Waals surface area contributed by atoms with E-state index in [2.05, 4.69) is 11.8 Å². The van der Waals surface area contributed by atoms with Crippen LogP contribution in [0.2, 0.25) is 0 Å². The molecule has 1 aliphatic heterocycles. The van der Waals surface area contributed by atoms with Gasteiger partial charge in [0.15, 0.2) is 0 Å². The SMILES string of the molecule is O=C1C=CC(=O)N1[C@H]1C#CCCCCC1. The molecular weight excluding hydrogens is 190 g/mol. The molecule has 2 aliphatic rings. The van der Waals surface area contributed by atoms with Crippen molar-refractivity contribution < 1.29 is 9.59 Å². The Hall–Kier alpha value is -1.56. The molecule has 2 rings (SSSR count). The first-order valence-corrected chi connectivity index (χ1v) is 5.32. The van der Waals surface area contributed by atoms with E-state index < -0.39 is 0 Å². The zero-order valence-corrected chi connectivity index (χ0v) is 8.53. The molecule has 0 bridgehead atoms. The molecule has 1 atom stereocenters. The molecule has 0 saturated heterocycles. The smallest absolute Gasteiger partial charge is 0.254 e. The molecule has 0 spiro atoms. The van der Waals surface area contributed by atoms with E-state index in [1.54, 1.807) is 0 Å². The van der Waals surface area contributed by atoms with E-state index in [0.717, 1.165) is 32.1 Å². The second-order valence-electron chi connectivity index (χ2n) is 3.82. The maximum absolute atomic E-state index is 11.4. The van der Waals surface area contributed by atoms with Gasteiger partial charge in [-0.2, -0.15) is 0 Å². The monoisotopic (exact) mass is 203 g/mol. The fraction of sp³-hybridized carbons (Fsp3) is 0.500. The van der Waals surface area contributed by atoms with Gasteiger partial charge >= 0.3 is 0 Å². The first-order valence-electron chi connectivity index (χ1n) is 5.32. The maximum Gasteiger partial charge on any atom is 0.254 e. The lowest BCUT2D eigenvalue weighted by atomic mass is 10.0. The van der Waals surface area contributed by atoms with Crippen LogP contribution in [0.1, 0.15) is 32.1 Å². The van der Waals surface area contributed by atoms with Crippen LogP contribution in [-0.4, -0.2) is 22.8 Å². The summed E-state index contributed by atoms with van der Waals surface area (Å²) >= 11 is 0. The molecule has 0 N–H and O–H groups in total. The van der Waals surface area contributed by atoms with Crippen molar-refractivity contribution in [2.75, 3.05) is 0 Å². The number of amides is 2. The van der Waals surface area contributed by atoms with Crippen molar-refractivity contribution in [3.05, 3.63) is 12.2 Å². The Balaban J connectivity index is 2.14. The molecule has 0 unspecified atom stereocenters. The van der Waals surface area contributed by atoms with E-state index in [1.807, 2.05) is 0 Å². The van der Waals surface area contributed by atoms with Crippen LogP contribution in [0.3, 0.4) is 0 Å². The topological polar surface area (TPSA) is 37.4 Å². The molecule has 1 heterocycles. The third-order valence-corrected chi connectivity index (χ3v) is 2.70. The van der Waals surface area contributed by atoms with Crippen LogP contribution >= 0.6 is 0 Å². The molecule has 0 aromatic heterocycles. The number of imide groups is 1. The molecule has 0 aromatic rings. The highest BCUT2D eigenvalue weighted by atomic mass is 16.2. The second kappa shape index (κ2) is 4.31. The van der Waals surface area contributed by atoms with Crippen LogP contribution in [0.4, 0.5) is 0 Å². The van der Waals surface area contributed by atoms with Gasteiger partial charge in [0, 0.05) is 18.6 Å². The van der Waals surface area contributed by atoms with Gasteiger partial charge in [0.25, 0.3) is 11.8 Å². The lowest BCUT2D eigenvalue weighted by molar-refractivity contribution is -0.138. The van der Waals surface area contributed by atoms with Crippen LogP contribution in [0.25, 0.3) is 0 Å². The van der Waals surface area contributed by atoms with Gasteiger partial charge < -0.3 is 0 Å². The van der Waals surface area contributed by atoms with Crippen LogP contribution in [0.5, 0.6) is 0 Å². The van der Waals surface area contributed by atoms with E-state index in [-0.39, 0.29) is 17.9 Å². The lowest BCUT2D eigenvalue weighted by Gasteiger charge is -2.22. The standard InChI is InChI=1S/C12H13NO2/c14-11-8-9-12(15)13(11)10-6-4-2-1-3-5-7-10/h8-10H,1-4,6H2/t10-/m1/s1. The Bertz CT molecular complexity index is 355. The fourth-order valence-electron chi connectivity index (χ4n) is 1.90. The maximum atomic E-state index is 11.4. The Labute approximate surface area is 89.1 Å². The predicted molar refractivity (Wildman–Crippen MR) is 55.6 cm³/mol. The first-order chi connectivity index (χ1) is 7.29. The van der Waals surface area contributed by atoms with Gasteiger partial charge in [-0.25, -0.2) is 0 Å². The van der Waals surface area contributed by atoms with E-state index in [4.69, 9.17) is 0 Å². The minimum absolute atomic E-state index is 0.208. The molecule has 0 fully saturated rings. The van der Waals surface area contributed by atoms with E-state index >= 15 is 0 Å². The summed E-state index contributed by atoms with van der Waals surface area (Å²) in [6.07, 6.45) is 7.63. The normalized spacial score (nSPS) is 25.9. The van der Waals surface area contributed by atoms with Crippen LogP contribution in [0.15, 0.2) is 12.2 Å². The Morgan fingerprint density at radius 3 is 2.60 bits per heavy atom. The van der Waals surface area contributed by atoms with Crippen LogP contribution in [0, 0.1) is 11.8 Å². The third-order valence-electron chi connectivity index (χ3n) is 2.70. The summed E-state index contributed by atoms with van der Waals surface area (Å²) in [6.45, 7) is 0. The quantitative estimate of drug-likeness (QED) is 0.475. The fourth-order valence-corrected chi connectivity index (χ4v) is 1.90. The first kappa shape index (κ1) is 9.97. The summed E-state index contributed by atoms with van der Waals surface area (Å²) in [5.74, 6) is 5.61. The molecule has 15 heavy (non-hydrogen) atoms. The van der Waals surface area contributed by atoms with Gasteiger partial charge in [0.05, 0.1) is 0 Å². The summed E-state index contributed by atoms with van der Waals surface area (Å²) in [7, 11) is 0. The highest BCUT2D eigenvalue weighted by Crippen LogP contribution is 2.16. The average Bonchev–Trinajstić information content (AvgIpc) is 2.48. The summed E-state index contributed by atoms with van der Waals surface area (Å²) in [6, 6.07) is -0.208. The van der Waals surface area contributed by atoms with Gasteiger partial charge in [0.2, 0.25) is 0 Å². The number of hydrogen-bond donors (Lipinski definition) is 0. The molecule has 78 valence electrons. The predicted octanol–water partition coefficient (Wildman–Crippen LogP) is 1.25. The van der Waals surface area contributed by atoms with Gasteiger partial charge in [-0.3, -0.25) is 14.5 Å². The van der Waals surface area contributed by atoms with E-state index in [9.17, 15) is 9.59 Å². The molecule has 2 amide bonds.